The van der Waals surface area contributed by atoms with Crippen molar-refractivity contribution in [3.8, 4) is 6.07 Å². The predicted molar refractivity (Wildman–Crippen MR) is 127 cm³/mol. The fourth-order valence-corrected chi connectivity index (χ4v) is 5.43. The zero-order valence-electron chi connectivity index (χ0n) is 18.2. The van der Waals surface area contributed by atoms with Crippen LogP contribution in [0.3, 0.4) is 0 Å². The third kappa shape index (κ3) is 3.93. The van der Waals surface area contributed by atoms with Crippen LogP contribution >= 0.6 is 24.0 Å². The van der Waals surface area contributed by atoms with Crippen LogP contribution in [-0.4, -0.2) is 38.8 Å². The molecule has 1 aromatic rings. The molecule has 3 heterocycles. The van der Waals surface area contributed by atoms with E-state index in [9.17, 15) is 14.9 Å². The van der Waals surface area contributed by atoms with Crippen LogP contribution in [0.5, 0.6) is 0 Å². The molecule has 1 atom stereocenters. The molecule has 2 saturated heterocycles. The molecule has 2 aliphatic rings. The first-order chi connectivity index (χ1) is 14.2. The molecule has 6 nitrogen and oxygen atoms in total. The Morgan fingerprint density at radius 1 is 1.33 bits per heavy atom. The highest BCUT2D eigenvalue weighted by molar-refractivity contribution is 8.26. The molecule has 2 aliphatic heterocycles. The lowest BCUT2D eigenvalue weighted by molar-refractivity contribution is -0.123. The van der Waals surface area contributed by atoms with E-state index in [-0.39, 0.29) is 23.1 Å². The Morgan fingerprint density at radius 2 is 1.97 bits per heavy atom. The lowest BCUT2D eigenvalue weighted by Gasteiger charge is -2.34. The Kier molecular flexibility index (Phi) is 6.73. The summed E-state index contributed by atoms with van der Waals surface area (Å²) in [4.78, 5) is 30.3. The van der Waals surface area contributed by atoms with Gasteiger partial charge in [-0.15, -0.1) is 0 Å². The molecule has 1 unspecified atom stereocenters. The summed E-state index contributed by atoms with van der Waals surface area (Å²) in [5.41, 5.74) is 1.19. The highest BCUT2D eigenvalue weighted by Crippen LogP contribution is 2.37. The fraction of sp³-hybridized carbons (Fsp3) is 0.545. The number of carbonyl (C=O) groups excluding carboxylic acids is 1. The molecule has 1 aromatic heterocycles. The minimum atomic E-state index is -0.298. The van der Waals surface area contributed by atoms with Gasteiger partial charge in [-0.2, -0.15) is 5.26 Å². The summed E-state index contributed by atoms with van der Waals surface area (Å²) in [7, 11) is 1.71. The van der Waals surface area contributed by atoms with Crippen molar-refractivity contribution in [3.05, 3.63) is 31.9 Å². The van der Waals surface area contributed by atoms with Crippen LogP contribution in [0.4, 0.5) is 5.82 Å². The molecule has 0 radical (unpaired) electrons. The maximum atomic E-state index is 13.1. The van der Waals surface area contributed by atoms with E-state index in [2.05, 4.69) is 17.9 Å². The predicted octanol–water partition coefficient (Wildman–Crippen LogP) is 3.80. The highest BCUT2D eigenvalue weighted by atomic mass is 32.2. The molecule has 0 bridgehead atoms. The summed E-state index contributed by atoms with van der Waals surface area (Å²) < 4.78 is 2.11. The van der Waals surface area contributed by atoms with E-state index in [1.54, 1.807) is 23.4 Å². The summed E-state index contributed by atoms with van der Waals surface area (Å²) >= 11 is 6.75. The number of nitrogens with zero attached hydrogens (tertiary/aromatic N) is 4. The van der Waals surface area contributed by atoms with Crippen LogP contribution < -0.4 is 10.5 Å². The summed E-state index contributed by atoms with van der Waals surface area (Å²) in [6.45, 7) is 9.72. The zero-order valence-corrected chi connectivity index (χ0v) is 19.8. The molecule has 30 heavy (non-hydrogen) atoms. The SMILES string of the molecule is CCC(C)N1C(=O)C(=Cc2c(C)c(C#N)c(=O)n(C)c2N2CCC(C)CC2)SC1=S. The van der Waals surface area contributed by atoms with Gasteiger partial charge in [-0.05, 0) is 50.7 Å². The number of thiocarbonyl (C=S) groups is 1. The van der Waals surface area contributed by atoms with Crippen molar-refractivity contribution in [3.63, 3.8) is 0 Å². The Balaban J connectivity index is 2.16. The smallest absolute Gasteiger partial charge is 0.270 e. The average Bonchev–Trinajstić information content (AvgIpc) is 3.00. The largest absolute Gasteiger partial charge is 0.357 e. The van der Waals surface area contributed by atoms with Gasteiger partial charge in [0.1, 0.15) is 21.8 Å². The molecular weight excluding hydrogens is 416 g/mol. The van der Waals surface area contributed by atoms with Crippen LogP contribution in [0, 0.1) is 24.2 Å². The van der Waals surface area contributed by atoms with Gasteiger partial charge in [0.25, 0.3) is 11.5 Å². The zero-order chi connectivity index (χ0) is 22.2. The molecule has 1 amide bonds. The van der Waals surface area contributed by atoms with E-state index in [0.717, 1.165) is 43.7 Å². The molecule has 0 aliphatic carbocycles. The summed E-state index contributed by atoms with van der Waals surface area (Å²) in [5.74, 6) is 1.31. The third-order valence-corrected chi connectivity index (χ3v) is 7.51. The minimum Gasteiger partial charge on any atom is -0.357 e. The lowest BCUT2D eigenvalue weighted by atomic mass is 9.97. The van der Waals surface area contributed by atoms with E-state index in [0.29, 0.717) is 20.7 Å². The molecule has 2 fully saturated rings. The van der Waals surface area contributed by atoms with Crippen LogP contribution in [0.1, 0.15) is 56.7 Å². The van der Waals surface area contributed by atoms with E-state index in [1.165, 1.54) is 11.8 Å². The number of rotatable bonds is 4. The van der Waals surface area contributed by atoms with Crippen molar-refractivity contribution >= 4 is 46.1 Å². The maximum Gasteiger partial charge on any atom is 0.270 e. The lowest BCUT2D eigenvalue weighted by Crippen LogP contribution is -2.38. The highest BCUT2D eigenvalue weighted by Gasteiger charge is 2.35. The van der Waals surface area contributed by atoms with Gasteiger partial charge in [-0.1, -0.05) is 37.8 Å². The van der Waals surface area contributed by atoms with Crippen LogP contribution in [0.2, 0.25) is 0 Å². The van der Waals surface area contributed by atoms with E-state index in [1.807, 2.05) is 19.9 Å². The van der Waals surface area contributed by atoms with Crippen LogP contribution in [0.15, 0.2) is 9.70 Å². The molecule has 0 spiro atoms. The number of carbonyl (C=O) groups is 1. The molecular formula is C22H28N4O2S2. The topological polar surface area (TPSA) is 69.3 Å². The Labute approximate surface area is 187 Å². The maximum absolute atomic E-state index is 13.1. The van der Waals surface area contributed by atoms with Crippen molar-refractivity contribution in [1.29, 1.82) is 5.26 Å². The van der Waals surface area contributed by atoms with Gasteiger partial charge in [-0.25, -0.2) is 0 Å². The summed E-state index contributed by atoms with van der Waals surface area (Å²) in [6, 6.07) is 2.08. The van der Waals surface area contributed by atoms with E-state index >= 15 is 0 Å². The Bertz CT molecular complexity index is 1010. The number of anilines is 1. The molecule has 0 N–H and O–H groups in total. The van der Waals surface area contributed by atoms with Crippen molar-refractivity contribution in [2.75, 3.05) is 18.0 Å². The van der Waals surface area contributed by atoms with Crippen molar-refractivity contribution in [2.45, 2.75) is 53.0 Å². The first-order valence-electron chi connectivity index (χ1n) is 10.4. The number of hydrogen-bond acceptors (Lipinski definition) is 6. The number of nitriles is 1. The normalized spacial score (nSPS) is 20.2. The second kappa shape index (κ2) is 8.94. The number of hydrogen-bond donors (Lipinski definition) is 0. The Hall–Kier alpha value is -2.11. The number of thioether (sulfide) groups is 1. The van der Waals surface area contributed by atoms with Gasteiger partial charge >= 0.3 is 0 Å². The number of piperidine rings is 1. The van der Waals surface area contributed by atoms with Gasteiger partial charge in [-0.3, -0.25) is 19.1 Å². The van der Waals surface area contributed by atoms with Gasteiger partial charge in [0.05, 0.1) is 4.91 Å². The molecule has 3 rings (SSSR count). The van der Waals surface area contributed by atoms with Crippen LogP contribution in [-0.2, 0) is 11.8 Å². The van der Waals surface area contributed by atoms with Crippen molar-refractivity contribution < 1.29 is 4.79 Å². The molecule has 8 heteroatoms. The first-order valence-corrected chi connectivity index (χ1v) is 11.6. The van der Waals surface area contributed by atoms with Gasteiger partial charge < -0.3 is 4.90 Å². The second-order valence-electron chi connectivity index (χ2n) is 8.19. The molecule has 0 aromatic carbocycles. The fourth-order valence-electron chi connectivity index (χ4n) is 3.99. The number of pyridine rings is 1. The summed E-state index contributed by atoms with van der Waals surface area (Å²) in [5, 5.41) is 9.59. The van der Waals surface area contributed by atoms with E-state index < -0.39 is 0 Å². The monoisotopic (exact) mass is 444 g/mol. The van der Waals surface area contributed by atoms with Crippen molar-refractivity contribution in [2.24, 2.45) is 13.0 Å². The van der Waals surface area contributed by atoms with Gasteiger partial charge in [0.2, 0.25) is 0 Å². The summed E-state index contributed by atoms with van der Waals surface area (Å²) in [6.07, 6.45) is 4.73. The van der Waals surface area contributed by atoms with Gasteiger partial charge in [0, 0.05) is 31.7 Å². The first kappa shape index (κ1) is 22.6. The van der Waals surface area contributed by atoms with Crippen LogP contribution in [0.25, 0.3) is 6.08 Å². The number of aromatic nitrogens is 1. The second-order valence-corrected chi connectivity index (χ2v) is 9.87. The Morgan fingerprint density at radius 3 is 2.53 bits per heavy atom. The molecule has 0 saturated carbocycles. The quantitative estimate of drug-likeness (QED) is 0.520. The average molecular weight is 445 g/mol. The standard InChI is InChI=1S/C22H28N4O2S2/c1-6-14(3)26-21(28)18(30-22(26)29)11-16-15(4)17(12-23)20(27)24(5)19(16)25-9-7-13(2)8-10-25/h11,13-14H,6-10H2,1-5H3. The third-order valence-electron chi connectivity index (χ3n) is 6.18. The number of amides is 1. The van der Waals surface area contributed by atoms with Gasteiger partial charge in [0.15, 0.2) is 0 Å². The molecule has 160 valence electrons. The van der Waals surface area contributed by atoms with Crippen molar-refractivity contribution in [1.82, 2.24) is 9.47 Å². The minimum absolute atomic E-state index is 0.0300. The van der Waals surface area contributed by atoms with E-state index in [4.69, 9.17) is 12.2 Å².